The first-order valence-corrected chi connectivity index (χ1v) is 9.90. The lowest BCUT2D eigenvalue weighted by Crippen LogP contribution is -2.31. The number of aliphatic hydroxyl groups is 1. The standard InChI is InChI=1S/C21H25N3O7/c1-13(2)29-12-19(26)31-15-10-18(30-16(15)11-25)24-9-8-17(23-21(24)28)22-20(27)14-6-4-3-5-7-14/h3-9,13,15-16,18,25H,10-12H2,1-2H3,(H,22,23,27,28)/t15-,16+,18+/m0/s1. The highest BCUT2D eigenvalue weighted by molar-refractivity contribution is 6.03. The van der Waals surface area contributed by atoms with Gasteiger partial charge < -0.3 is 24.6 Å². The third kappa shape index (κ3) is 5.97. The van der Waals surface area contributed by atoms with Crippen LogP contribution in [0.25, 0.3) is 0 Å². The van der Waals surface area contributed by atoms with Crippen LogP contribution in [0.15, 0.2) is 47.4 Å². The van der Waals surface area contributed by atoms with E-state index in [1.54, 1.807) is 44.2 Å². The maximum atomic E-state index is 12.5. The number of ether oxygens (including phenoxy) is 3. The number of anilines is 1. The largest absolute Gasteiger partial charge is 0.458 e. The zero-order valence-corrected chi connectivity index (χ0v) is 17.3. The summed E-state index contributed by atoms with van der Waals surface area (Å²) in [5, 5.41) is 12.1. The van der Waals surface area contributed by atoms with Gasteiger partial charge in [0.15, 0.2) is 0 Å². The molecule has 0 aliphatic carbocycles. The topological polar surface area (TPSA) is 129 Å². The molecule has 1 fully saturated rings. The molecule has 1 aromatic carbocycles. The summed E-state index contributed by atoms with van der Waals surface area (Å²) >= 11 is 0. The zero-order chi connectivity index (χ0) is 22.4. The molecule has 0 unspecified atom stereocenters. The quantitative estimate of drug-likeness (QED) is 0.595. The van der Waals surface area contributed by atoms with Crippen LogP contribution in [0, 0.1) is 0 Å². The smallest absolute Gasteiger partial charge is 0.351 e. The molecule has 2 heterocycles. The van der Waals surface area contributed by atoms with Gasteiger partial charge in [0, 0.05) is 18.2 Å². The third-order valence-electron chi connectivity index (χ3n) is 4.60. The minimum atomic E-state index is -0.780. The van der Waals surface area contributed by atoms with Crippen molar-refractivity contribution in [2.45, 2.75) is 44.8 Å². The predicted molar refractivity (Wildman–Crippen MR) is 109 cm³/mol. The lowest BCUT2D eigenvalue weighted by molar-refractivity contribution is -0.159. The summed E-state index contributed by atoms with van der Waals surface area (Å²) in [7, 11) is 0. The van der Waals surface area contributed by atoms with Gasteiger partial charge in [-0.2, -0.15) is 4.98 Å². The molecule has 1 aliphatic heterocycles. The Balaban J connectivity index is 1.65. The number of esters is 1. The average Bonchev–Trinajstić information content (AvgIpc) is 3.15. The summed E-state index contributed by atoms with van der Waals surface area (Å²) in [5.74, 6) is -0.871. The fourth-order valence-corrected chi connectivity index (χ4v) is 3.08. The number of carbonyl (C=O) groups excluding carboxylic acids is 2. The van der Waals surface area contributed by atoms with E-state index in [4.69, 9.17) is 14.2 Å². The van der Waals surface area contributed by atoms with Crippen molar-refractivity contribution >= 4 is 17.7 Å². The van der Waals surface area contributed by atoms with E-state index in [1.807, 2.05) is 0 Å². The molecule has 0 radical (unpaired) electrons. The number of aromatic nitrogens is 2. The highest BCUT2D eigenvalue weighted by atomic mass is 16.6. The summed E-state index contributed by atoms with van der Waals surface area (Å²) in [6.45, 7) is 2.99. The molecule has 0 saturated carbocycles. The number of nitrogens with one attached hydrogen (secondary N) is 1. The molecule has 31 heavy (non-hydrogen) atoms. The summed E-state index contributed by atoms with van der Waals surface area (Å²) < 4.78 is 17.4. The van der Waals surface area contributed by atoms with Crippen molar-refractivity contribution in [3.8, 4) is 0 Å². The van der Waals surface area contributed by atoms with Crippen molar-refractivity contribution < 1.29 is 28.9 Å². The fourth-order valence-electron chi connectivity index (χ4n) is 3.08. The van der Waals surface area contributed by atoms with E-state index in [0.717, 1.165) is 0 Å². The second kappa shape index (κ2) is 10.3. The second-order valence-corrected chi connectivity index (χ2v) is 7.26. The van der Waals surface area contributed by atoms with E-state index in [0.29, 0.717) is 5.56 Å². The number of rotatable bonds is 8. The first-order chi connectivity index (χ1) is 14.9. The molecule has 3 rings (SSSR count). The number of nitrogens with zero attached hydrogens (tertiary/aromatic N) is 2. The van der Waals surface area contributed by atoms with Crippen molar-refractivity contribution in [3.63, 3.8) is 0 Å². The van der Waals surface area contributed by atoms with E-state index in [1.165, 1.54) is 16.8 Å². The lowest BCUT2D eigenvalue weighted by atomic mass is 10.2. The monoisotopic (exact) mass is 431 g/mol. The molecule has 0 spiro atoms. The van der Waals surface area contributed by atoms with Crippen molar-refractivity contribution in [1.82, 2.24) is 9.55 Å². The summed E-state index contributed by atoms with van der Waals surface area (Å²) in [6, 6.07) is 10.0. The molecule has 3 atom stereocenters. The Morgan fingerprint density at radius 3 is 2.68 bits per heavy atom. The molecule has 166 valence electrons. The molecule has 10 nitrogen and oxygen atoms in total. The molecule has 1 aromatic heterocycles. The van der Waals surface area contributed by atoms with Crippen molar-refractivity contribution in [2.75, 3.05) is 18.5 Å². The van der Waals surface area contributed by atoms with Crippen molar-refractivity contribution in [3.05, 3.63) is 58.6 Å². The van der Waals surface area contributed by atoms with E-state index in [9.17, 15) is 19.5 Å². The van der Waals surface area contributed by atoms with Crippen LogP contribution in [-0.2, 0) is 19.0 Å². The Hall–Kier alpha value is -3.08. The summed E-state index contributed by atoms with van der Waals surface area (Å²) in [6.07, 6.45) is -0.823. The number of benzene rings is 1. The van der Waals surface area contributed by atoms with Crippen LogP contribution in [0.3, 0.4) is 0 Å². The van der Waals surface area contributed by atoms with E-state index < -0.39 is 36.0 Å². The minimum absolute atomic E-state index is 0.0978. The number of carbonyl (C=O) groups is 2. The van der Waals surface area contributed by atoms with Gasteiger partial charge in [-0.3, -0.25) is 9.36 Å². The molecule has 1 aliphatic rings. The van der Waals surface area contributed by atoms with Crippen LogP contribution in [-0.4, -0.2) is 58.1 Å². The molecule has 10 heteroatoms. The van der Waals surface area contributed by atoms with Gasteiger partial charge in [-0.05, 0) is 32.0 Å². The van der Waals surface area contributed by atoms with Gasteiger partial charge in [-0.25, -0.2) is 9.59 Å². The average molecular weight is 431 g/mol. The van der Waals surface area contributed by atoms with Crippen LogP contribution < -0.4 is 11.0 Å². The zero-order valence-electron chi connectivity index (χ0n) is 17.3. The lowest BCUT2D eigenvalue weighted by Gasteiger charge is -2.17. The number of hydrogen-bond acceptors (Lipinski definition) is 8. The Bertz CT molecular complexity index is 961. The first-order valence-electron chi connectivity index (χ1n) is 9.90. The number of aliphatic hydroxyl groups excluding tert-OH is 1. The van der Waals surface area contributed by atoms with Gasteiger partial charge in [0.05, 0.1) is 12.7 Å². The van der Waals surface area contributed by atoms with Gasteiger partial charge in [0.1, 0.15) is 30.9 Å². The van der Waals surface area contributed by atoms with Gasteiger partial charge in [-0.15, -0.1) is 0 Å². The Morgan fingerprint density at radius 2 is 2.03 bits per heavy atom. The van der Waals surface area contributed by atoms with E-state index >= 15 is 0 Å². The predicted octanol–water partition coefficient (Wildman–Crippen LogP) is 1.11. The summed E-state index contributed by atoms with van der Waals surface area (Å²) in [4.78, 5) is 40.5. The Labute approximate surface area is 178 Å². The second-order valence-electron chi connectivity index (χ2n) is 7.26. The van der Waals surface area contributed by atoms with Crippen LogP contribution in [0.1, 0.15) is 36.9 Å². The minimum Gasteiger partial charge on any atom is -0.458 e. The molecule has 2 aromatic rings. The molecule has 1 amide bonds. The van der Waals surface area contributed by atoms with Crippen LogP contribution in [0.5, 0.6) is 0 Å². The van der Waals surface area contributed by atoms with Gasteiger partial charge >= 0.3 is 11.7 Å². The normalized spacial score (nSPS) is 20.6. The molecule has 2 N–H and O–H groups in total. The third-order valence-corrected chi connectivity index (χ3v) is 4.60. The number of amides is 1. The maximum absolute atomic E-state index is 12.5. The van der Waals surface area contributed by atoms with Gasteiger partial charge in [-0.1, -0.05) is 18.2 Å². The Morgan fingerprint density at radius 1 is 1.29 bits per heavy atom. The molecular formula is C21H25N3O7. The highest BCUT2D eigenvalue weighted by Crippen LogP contribution is 2.30. The Kier molecular flexibility index (Phi) is 7.50. The number of hydrogen-bond donors (Lipinski definition) is 2. The van der Waals surface area contributed by atoms with Gasteiger partial charge in [0.2, 0.25) is 0 Å². The van der Waals surface area contributed by atoms with E-state index in [2.05, 4.69) is 10.3 Å². The van der Waals surface area contributed by atoms with E-state index in [-0.39, 0.29) is 31.6 Å². The molecular weight excluding hydrogens is 406 g/mol. The van der Waals surface area contributed by atoms with Crippen molar-refractivity contribution in [2.24, 2.45) is 0 Å². The van der Waals surface area contributed by atoms with Crippen LogP contribution >= 0.6 is 0 Å². The highest BCUT2D eigenvalue weighted by Gasteiger charge is 2.39. The van der Waals surface area contributed by atoms with Crippen LogP contribution in [0.2, 0.25) is 0 Å². The summed E-state index contributed by atoms with van der Waals surface area (Å²) in [5.41, 5.74) is -0.216. The SMILES string of the molecule is CC(C)OCC(=O)O[C@H]1C[C@H](n2ccc(NC(=O)c3ccccc3)nc2=O)O[C@@H]1CO. The van der Waals surface area contributed by atoms with Crippen molar-refractivity contribution in [1.29, 1.82) is 0 Å². The molecule has 0 bridgehead atoms. The first kappa shape index (κ1) is 22.6. The van der Waals surface area contributed by atoms with Crippen LogP contribution in [0.4, 0.5) is 5.82 Å². The van der Waals surface area contributed by atoms with Gasteiger partial charge in [0.25, 0.3) is 5.91 Å². The molecule has 1 saturated heterocycles. The maximum Gasteiger partial charge on any atom is 0.351 e. The fraction of sp³-hybridized carbons (Fsp3) is 0.429.